The molecule has 0 heterocycles. The monoisotopic (exact) mass is 293 g/mol. The first-order chi connectivity index (χ1) is 9.54. The number of ether oxygens (including phenoxy) is 1. The molecule has 0 aliphatic heterocycles. The van der Waals surface area contributed by atoms with Crippen LogP contribution in [0.25, 0.3) is 0 Å². The maximum Gasteiger partial charge on any atom is 0.169 e. The van der Waals surface area contributed by atoms with Crippen molar-refractivity contribution in [3.8, 4) is 5.75 Å². The smallest absolute Gasteiger partial charge is 0.169 e. The van der Waals surface area contributed by atoms with Crippen molar-refractivity contribution in [3.63, 3.8) is 0 Å². The van der Waals surface area contributed by atoms with Gasteiger partial charge in [0.15, 0.2) is 5.78 Å². The maximum absolute atomic E-state index is 13.7. The highest BCUT2D eigenvalue weighted by molar-refractivity contribution is 6.31. The third-order valence-electron chi connectivity index (χ3n) is 2.99. The summed E-state index contributed by atoms with van der Waals surface area (Å²) < 4.78 is 18.7. The van der Waals surface area contributed by atoms with Crippen molar-refractivity contribution >= 4 is 23.1 Å². The summed E-state index contributed by atoms with van der Waals surface area (Å²) >= 11 is 5.91. The third kappa shape index (κ3) is 2.75. The van der Waals surface area contributed by atoms with E-state index < -0.39 is 5.82 Å². The van der Waals surface area contributed by atoms with Crippen molar-refractivity contribution in [2.45, 2.75) is 6.42 Å². The Bertz CT molecular complexity index is 638. The number of carbonyl (C=O) groups is 1. The minimum Gasteiger partial charge on any atom is -0.495 e. The standard InChI is InChI=1S/C15H13ClFNO2/c1-20-14-7-2-4-9(15(14)18)13(19)8-10-11(16)5-3-6-12(10)17/h2-7H,8,18H2,1H3. The number of halogens is 2. The van der Waals surface area contributed by atoms with Crippen LogP contribution in [-0.2, 0) is 6.42 Å². The average Bonchev–Trinajstić information content (AvgIpc) is 2.43. The van der Waals surface area contributed by atoms with Gasteiger partial charge in [-0.3, -0.25) is 4.79 Å². The maximum atomic E-state index is 13.7. The van der Waals surface area contributed by atoms with Gasteiger partial charge in [0.1, 0.15) is 11.6 Å². The van der Waals surface area contributed by atoms with Gasteiger partial charge in [0.25, 0.3) is 0 Å². The van der Waals surface area contributed by atoms with E-state index in [2.05, 4.69) is 0 Å². The second-order valence-electron chi connectivity index (χ2n) is 4.22. The van der Waals surface area contributed by atoms with Crippen molar-refractivity contribution in [2.75, 3.05) is 12.8 Å². The topological polar surface area (TPSA) is 52.3 Å². The Morgan fingerprint density at radius 3 is 2.65 bits per heavy atom. The van der Waals surface area contributed by atoms with E-state index in [9.17, 15) is 9.18 Å². The van der Waals surface area contributed by atoms with Gasteiger partial charge < -0.3 is 10.5 Å². The van der Waals surface area contributed by atoms with Gasteiger partial charge in [-0.2, -0.15) is 0 Å². The Balaban J connectivity index is 2.34. The highest BCUT2D eigenvalue weighted by atomic mass is 35.5. The molecular weight excluding hydrogens is 281 g/mol. The Morgan fingerprint density at radius 2 is 2.00 bits per heavy atom. The van der Waals surface area contributed by atoms with Crippen molar-refractivity contribution < 1.29 is 13.9 Å². The predicted molar refractivity (Wildman–Crippen MR) is 76.9 cm³/mol. The second kappa shape index (κ2) is 5.92. The molecule has 0 unspecified atom stereocenters. The summed E-state index contributed by atoms with van der Waals surface area (Å²) in [5, 5.41) is 0.222. The van der Waals surface area contributed by atoms with Crippen LogP contribution in [-0.4, -0.2) is 12.9 Å². The first-order valence-corrected chi connectivity index (χ1v) is 6.31. The molecule has 2 aromatic rings. The summed E-state index contributed by atoms with van der Waals surface area (Å²) in [6.45, 7) is 0. The van der Waals surface area contributed by atoms with Gasteiger partial charge in [0.2, 0.25) is 0 Å². The number of nitrogen functional groups attached to an aromatic ring is 1. The quantitative estimate of drug-likeness (QED) is 0.693. The van der Waals surface area contributed by atoms with Crippen molar-refractivity contribution in [3.05, 3.63) is 58.4 Å². The molecule has 0 amide bonds. The number of ketones is 1. The number of methoxy groups -OCH3 is 1. The molecular formula is C15H13ClFNO2. The second-order valence-corrected chi connectivity index (χ2v) is 4.63. The number of carbonyl (C=O) groups excluding carboxylic acids is 1. The minimum absolute atomic E-state index is 0.150. The van der Waals surface area contributed by atoms with E-state index in [-0.39, 0.29) is 28.5 Å². The largest absolute Gasteiger partial charge is 0.495 e. The van der Waals surface area contributed by atoms with Gasteiger partial charge in [0, 0.05) is 22.6 Å². The zero-order valence-electron chi connectivity index (χ0n) is 10.8. The highest BCUT2D eigenvalue weighted by Gasteiger charge is 2.17. The van der Waals surface area contributed by atoms with Crippen LogP contribution >= 0.6 is 11.6 Å². The summed E-state index contributed by atoms with van der Waals surface area (Å²) in [5.74, 6) is -0.406. The summed E-state index contributed by atoms with van der Waals surface area (Å²) in [4.78, 5) is 12.2. The number of benzene rings is 2. The molecule has 2 aromatic carbocycles. The molecule has 0 radical (unpaired) electrons. The molecule has 0 saturated heterocycles. The van der Waals surface area contributed by atoms with Gasteiger partial charge in [0.05, 0.1) is 12.8 Å². The Hall–Kier alpha value is -2.07. The van der Waals surface area contributed by atoms with Crippen LogP contribution in [0.4, 0.5) is 10.1 Å². The lowest BCUT2D eigenvalue weighted by Gasteiger charge is -2.10. The SMILES string of the molecule is COc1cccc(C(=O)Cc2c(F)cccc2Cl)c1N. The van der Waals surface area contributed by atoms with E-state index in [0.717, 1.165) is 0 Å². The molecule has 0 spiro atoms. The molecule has 0 atom stereocenters. The zero-order chi connectivity index (χ0) is 14.7. The van der Waals surface area contributed by atoms with Gasteiger partial charge >= 0.3 is 0 Å². The summed E-state index contributed by atoms with van der Waals surface area (Å²) in [6.07, 6.45) is -0.150. The molecule has 2 N–H and O–H groups in total. The number of rotatable bonds is 4. The molecule has 0 aliphatic carbocycles. The predicted octanol–water partition coefficient (Wildman–Crippen LogP) is 3.50. The van der Waals surface area contributed by atoms with Gasteiger partial charge in [-0.15, -0.1) is 0 Å². The molecule has 0 bridgehead atoms. The van der Waals surface area contributed by atoms with Crippen LogP contribution in [0.15, 0.2) is 36.4 Å². The summed E-state index contributed by atoms with van der Waals surface area (Å²) in [5.41, 5.74) is 6.56. The van der Waals surface area contributed by atoms with Crippen LogP contribution in [0.1, 0.15) is 15.9 Å². The summed E-state index contributed by atoms with van der Waals surface area (Å²) in [7, 11) is 1.47. The minimum atomic E-state index is -0.507. The van der Waals surface area contributed by atoms with Gasteiger partial charge in [-0.25, -0.2) is 4.39 Å². The van der Waals surface area contributed by atoms with Crippen molar-refractivity contribution in [1.82, 2.24) is 0 Å². The van der Waals surface area contributed by atoms with Gasteiger partial charge in [-0.1, -0.05) is 23.7 Å². The van der Waals surface area contributed by atoms with E-state index in [1.54, 1.807) is 24.3 Å². The van der Waals surface area contributed by atoms with E-state index >= 15 is 0 Å². The molecule has 0 fully saturated rings. The van der Waals surface area contributed by atoms with E-state index in [1.807, 2.05) is 0 Å². The fourth-order valence-corrected chi connectivity index (χ4v) is 2.15. The molecule has 5 heteroatoms. The Kier molecular flexibility index (Phi) is 4.25. The van der Waals surface area contributed by atoms with Crippen LogP contribution in [0.3, 0.4) is 0 Å². The third-order valence-corrected chi connectivity index (χ3v) is 3.34. The fraction of sp³-hybridized carbons (Fsp3) is 0.133. The zero-order valence-corrected chi connectivity index (χ0v) is 11.6. The molecule has 2 rings (SSSR count). The molecule has 0 aromatic heterocycles. The van der Waals surface area contributed by atoms with E-state index in [4.69, 9.17) is 22.1 Å². The lowest BCUT2D eigenvalue weighted by atomic mass is 10.0. The van der Waals surface area contributed by atoms with E-state index in [1.165, 1.54) is 19.2 Å². The van der Waals surface area contributed by atoms with Crippen LogP contribution in [0.5, 0.6) is 5.75 Å². The Morgan fingerprint density at radius 1 is 1.30 bits per heavy atom. The number of Topliss-reactive ketones (excluding diaryl/α,β-unsaturated/α-hetero) is 1. The lowest BCUT2D eigenvalue weighted by molar-refractivity contribution is 0.0992. The normalized spacial score (nSPS) is 10.3. The van der Waals surface area contributed by atoms with Crippen LogP contribution in [0, 0.1) is 5.82 Å². The lowest BCUT2D eigenvalue weighted by Crippen LogP contribution is -2.09. The molecule has 0 aliphatic rings. The van der Waals surface area contributed by atoms with Gasteiger partial charge in [-0.05, 0) is 24.3 Å². The molecule has 3 nitrogen and oxygen atoms in total. The average molecular weight is 294 g/mol. The number of para-hydroxylation sites is 1. The number of hydrogen-bond acceptors (Lipinski definition) is 3. The molecule has 20 heavy (non-hydrogen) atoms. The summed E-state index contributed by atoms with van der Waals surface area (Å²) in [6, 6.07) is 9.19. The molecule has 104 valence electrons. The Labute approximate surface area is 121 Å². The fourth-order valence-electron chi connectivity index (χ4n) is 1.92. The van der Waals surface area contributed by atoms with Crippen LogP contribution in [0.2, 0.25) is 5.02 Å². The highest BCUT2D eigenvalue weighted by Crippen LogP contribution is 2.27. The number of nitrogens with two attached hydrogens (primary N) is 1. The first-order valence-electron chi connectivity index (χ1n) is 5.93. The molecule has 0 saturated carbocycles. The first kappa shape index (κ1) is 14.3. The van der Waals surface area contributed by atoms with Crippen molar-refractivity contribution in [2.24, 2.45) is 0 Å². The number of anilines is 1. The van der Waals surface area contributed by atoms with Crippen LogP contribution < -0.4 is 10.5 Å². The van der Waals surface area contributed by atoms with E-state index in [0.29, 0.717) is 11.3 Å². The van der Waals surface area contributed by atoms with Crippen molar-refractivity contribution in [1.29, 1.82) is 0 Å². The number of hydrogen-bond donors (Lipinski definition) is 1.